The molecule has 1 aromatic carbocycles. The van der Waals surface area contributed by atoms with Gasteiger partial charge >= 0.3 is 0 Å². The monoisotopic (exact) mass is 445 g/mol. The molecule has 0 radical (unpaired) electrons. The van der Waals surface area contributed by atoms with Crippen LogP contribution in [0.1, 0.15) is 13.8 Å². The fourth-order valence-corrected chi connectivity index (χ4v) is 4.30. The summed E-state index contributed by atoms with van der Waals surface area (Å²) in [5.74, 6) is 0. The Hall–Kier alpha value is -4.52. The summed E-state index contributed by atoms with van der Waals surface area (Å²) in [6, 6.07) is 18.8. The van der Waals surface area contributed by atoms with Gasteiger partial charge in [0, 0.05) is 52.0 Å². The summed E-state index contributed by atoms with van der Waals surface area (Å²) in [5.41, 5.74) is 8.52. The van der Waals surface area contributed by atoms with Gasteiger partial charge in [-0.05, 0) is 50.2 Å². The molecule has 7 nitrogen and oxygen atoms in total. The van der Waals surface area contributed by atoms with Crippen molar-refractivity contribution in [1.29, 1.82) is 0 Å². The van der Waals surface area contributed by atoms with Gasteiger partial charge in [0.05, 0.1) is 34.5 Å². The maximum absolute atomic E-state index is 4.64. The molecule has 0 aliphatic rings. The van der Waals surface area contributed by atoms with Crippen LogP contribution in [0.3, 0.4) is 0 Å². The Morgan fingerprint density at radius 2 is 1.76 bits per heavy atom. The molecular weight excluding hydrogens is 422 g/mol. The van der Waals surface area contributed by atoms with Crippen LogP contribution >= 0.6 is 0 Å². The minimum atomic E-state index is 0.325. The number of pyridine rings is 3. The molecule has 0 bridgehead atoms. The van der Waals surface area contributed by atoms with E-state index in [1.165, 1.54) is 0 Å². The van der Waals surface area contributed by atoms with E-state index >= 15 is 0 Å². The van der Waals surface area contributed by atoms with E-state index in [1.54, 1.807) is 0 Å². The van der Waals surface area contributed by atoms with E-state index in [-0.39, 0.29) is 0 Å². The minimum absolute atomic E-state index is 0.325. The first-order valence-corrected chi connectivity index (χ1v) is 11.3. The van der Waals surface area contributed by atoms with Crippen LogP contribution in [0.4, 0.5) is 5.69 Å². The summed E-state index contributed by atoms with van der Waals surface area (Å²) in [6.45, 7) is 4.21. The first-order chi connectivity index (χ1) is 16.7. The SMILES string of the molecule is CC(C)Nc1cncc(-c2cc3c(-c4cc5c(-c6ccccn6)cccc5[nH]4)n[nH]c3cn2)c1. The number of aromatic nitrogens is 6. The molecule has 166 valence electrons. The van der Waals surface area contributed by atoms with Gasteiger partial charge in [0.2, 0.25) is 0 Å². The van der Waals surface area contributed by atoms with E-state index < -0.39 is 0 Å². The Bertz CT molecular complexity index is 1610. The number of fused-ring (bicyclic) bond motifs is 2. The van der Waals surface area contributed by atoms with Gasteiger partial charge in [0.1, 0.15) is 5.69 Å². The topological polar surface area (TPSA) is 95.2 Å². The van der Waals surface area contributed by atoms with Crippen LogP contribution in [0.2, 0.25) is 0 Å². The molecule has 5 aromatic heterocycles. The number of hydrogen-bond acceptors (Lipinski definition) is 5. The van der Waals surface area contributed by atoms with Gasteiger partial charge in [-0.25, -0.2) is 0 Å². The molecule has 0 aliphatic heterocycles. The second-order valence-electron chi connectivity index (χ2n) is 8.61. The molecule has 6 aromatic rings. The number of hydrogen-bond donors (Lipinski definition) is 3. The van der Waals surface area contributed by atoms with Crippen molar-refractivity contribution in [2.75, 3.05) is 5.32 Å². The van der Waals surface area contributed by atoms with Crippen LogP contribution in [0.25, 0.3) is 55.7 Å². The number of aromatic amines is 2. The third-order valence-corrected chi connectivity index (χ3v) is 5.80. The average molecular weight is 446 g/mol. The van der Waals surface area contributed by atoms with Crippen LogP contribution < -0.4 is 5.32 Å². The second kappa shape index (κ2) is 8.12. The zero-order valence-electron chi connectivity index (χ0n) is 18.9. The first kappa shape index (κ1) is 20.1. The van der Waals surface area contributed by atoms with Crippen LogP contribution in [0.5, 0.6) is 0 Å². The molecule has 0 amide bonds. The van der Waals surface area contributed by atoms with E-state index in [0.717, 1.165) is 61.4 Å². The van der Waals surface area contributed by atoms with Crippen molar-refractivity contribution in [3.8, 4) is 33.9 Å². The molecule has 3 N–H and O–H groups in total. The lowest BCUT2D eigenvalue weighted by molar-refractivity contribution is 0.898. The van der Waals surface area contributed by atoms with E-state index in [4.69, 9.17) is 0 Å². The summed E-state index contributed by atoms with van der Waals surface area (Å²) in [7, 11) is 0. The largest absolute Gasteiger partial charge is 0.382 e. The Labute approximate surface area is 196 Å². The van der Waals surface area contributed by atoms with Crippen molar-refractivity contribution in [3.63, 3.8) is 0 Å². The summed E-state index contributed by atoms with van der Waals surface area (Å²) >= 11 is 0. The van der Waals surface area contributed by atoms with Crippen molar-refractivity contribution >= 4 is 27.5 Å². The molecule has 0 saturated carbocycles. The Balaban J connectivity index is 1.45. The summed E-state index contributed by atoms with van der Waals surface area (Å²) in [5, 5.41) is 13.2. The number of nitrogens with zero attached hydrogens (tertiary/aromatic N) is 4. The van der Waals surface area contributed by atoms with Crippen molar-refractivity contribution in [2.24, 2.45) is 0 Å². The zero-order chi connectivity index (χ0) is 23.1. The van der Waals surface area contributed by atoms with E-state index in [0.29, 0.717) is 6.04 Å². The van der Waals surface area contributed by atoms with Gasteiger partial charge in [0.15, 0.2) is 0 Å². The molecule has 6 rings (SSSR count). The standard InChI is InChI=1S/C27H23N7/c1-16(2)31-18-10-17(13-28-14-18)24-12-21-26(15-30-24)33-34-27(21)25-11-20-19(6-5-8-23(20)32-25)22-7-3-4-9-29-22/h3-16,31-32H,1-2H3,(H,33,34). The maximum atomic E-state index is 4.64. The van der Waals surface area contributed by atoms with Crippen LogP contribution in [-0.2, 0) is 0 Å². The van der Waals surface area contributed by atoms with Gasteiger partial charge in [-0.15, -0.1) is 0 Å². The highest BCUT2D eigenvalue weighted by atomic mass is 15.1. The number of anilines is 1. The molecule has 0 unspecified atom stereocenters. The summed E-state index contributed by atoms with van der Waals surface area (Å²) < 4.78 is 0. The molecule has 0 saturated heterocycles. The van der Waals surface area contributed by atoms with E-state index in [9.17, 15) is 0 Å². The fourth-order valence-electron chi connectivity index (χ4n) is 4.30. The molecule has 0 fully saturated rings. The van der Waals surface area contributed by atoms with Crippen LogP contribution in [0.15, 0.2) is 79.4 Å². The molecule has 7 heteroatoms. The molecule has 0 atom stereocenters. The smallest absolute Gasteiger partial charge is 0.116 e. The summed E-state index contributed by atoms with van der Waals surface area (Å²) in [4.78, 5) is 17.1. The predicted molar refractivity (Wildman–Crippen MR) is 136 cm³/mol. The van der Waals surface area contributed by atoms with Crippen molar-refractivity contribution < 1.29 is 0 Å². The van der Waals surface area contributed by atoms with E-state index in [1.807, 2.05) is 49.1 Å². The third-order valence-electron chi connectivity index (χ3n) is 5.80. The first-order valence-electron chi connectivity index (χ1n) is 11.3. The Morgan fingerprint density at radius 1 is 0.824 bits per heavy atom. The summed E-state index contributed by atoms with van der Waals surface area (Å²) in [6.07, 6.45) is 7.31. The highest BCUT2D eigenvalue weighted by molar-refractivity contribution is 6.01. The lowest BCUT2D eigenvalue weighted by atomic mass is 10.1. The minimum Gasteiger partial charge on any atom is -0.382 e. The van der Waals surface area contributed by atoms with Crippen LogP contribution in [0, 0.1) is 0 Å². The zero-order valence-corrected chi connectivity index (χ0v) is 18.9. The van der Waals surface area contributed by atoms with Gasteiger partial charge in [-0.3, -0.25) is 20.1 Å². The quantitative estimate of drug-likeness (QED) is 0.300. The predicted octanol–water partition coefficient (Wildman–Crippen LogP) is 6.05. The Morgan fingerprint density at radius 3 is 2.62 bits per heavy atom. The number of H-pyrrole nitrogens is 2. The maximum Gasteiger partial charge on any atom is 0.116 e. The normalized spacial score (nSPS) is 11.5. The highest BCUT2D eigenvalue weighted by Crippen LogP contribution is 2.34. The number of benzene rings is 1. The van der Waals surface area contributed by atoms with Gasteiger partial charge in [0.25, 0.3) is 0 Å². The third kappa shape index (κ3) is 3.57. The number of rotatable bonds is 5. The van der Waals surface area contributed by atoms with Crippen molar-refractivity contribution in [3.05, 3.63) is 79.4 Å². The second-order valence-corrected chi connectivity index (χ2v) is 8.61. The van der Waals surface area contributed by atoms with Gasteiger partial charge in [-0.2, -0.15) is 5.10 Å². The lowest BCUT2D eigenvalue weighted by Gasteiger charge is -2.10. The van der Waals surface area contributed by atoms with Crippen LogP contribution in [-0.4, -0.2) is 36.2 Å². The van der Waals surface area contributed by atoms with Gasteiger partial charge < -0.3 is 10.3 Å². The Kier molecular flexibility index (Phi) is 4.80. The molecule has 34 heavy (non-hydrogen) atoms. The molecular formula is C27H23N7. The van der Waals surface area contributed by atoms with Crippen molar-refractivity contribution in [2.45, 2.75) is 19.9 Å². The highest BCUT2D eigenvalue weighted by Gasteiger charge is 2.15. The average Bonchev–Trinajstić information content (AvgIpc) is 3.48. The molecule has 0 aliphatic carbocycles. The van der Waals surface area contributed by atoms with E-state index in [2.05, 4.69) is 79.6 Å². The lowest BCUT2D eigenvalue weighted by Crippen LogP contribution is -2.09. The van der Waals surface area contributed by atoms with Crippen molar-refractivity contribution in [1.82, 2.24) is 30.1 Å². The molecule has 0 spiro atoms. The number of nitrogens with one attached hydrogen (secondary N) is 3. The fraction of sp³-hybridized carbons (Fsp3) is 0.111. The van der Waals surface area contributed by atoms with Gasteiger partial charge in [-0.1, -0.05) is 18.2 Å². The molecule has 5 heterocycles.